The van der Waals surface area contributed by atoms with Crippen LogP contribution in [-0.2, 0) is 17.4 Å². The van der Waals surface area contributed by atoms with Crippen molar-refractivity contribution in [3.05, 3.63) is 75.5 Å². The number of nitrogens with zero attached hydrogens (tertiary/aromatic N) is 1. The zero-order chi connectivity index (χ0) is 26.2. The number of carbonyl (C=O) groups excluding carboxylic acids is 1. The van der Waals surface area contributed by atoms with Gasteiger partial charge in [-0.15, -0.1) is 0 Å². The molecule has 0 atom stereocenters. The van der Waals surface area contributed by atoms with E-state index in [4.69, 9.17) is 4.74 Å². The molecule has 0 bridgehead atoms. The number of benzene rings is 2. The summed E-state index contributed by atoms with van der Waals surface area (Å²) in [5.41, 5.74) is 2.25. The molecule has 2 aromatic carbocycles. The number of rotatable bonds is 8. The molecule has 4 rings (SSSR count). The molecule has 190 valence electrons. The Labute approximate surface area is 209 Å². The van der Waals surface area contributed by atoms with Gasteiger partial charge in [0.05, 0.1) is 12.1 Å². The Balaban J connectivity index is 1.81. The van der Waals surface area contributed by atoms with Gasteiger partial charge >= 0.3 is 0 Å². The van der Waals surface area contributed by atoms with Crippen molar-refractivity contribution in [2.24, 2.45) is 7.05 Å². The molecule has 0 unspecified atom stereocenters. The third-order valence-corrected chi connectivity index (χ3v) is 6.22. The Bertz CT molecular complexity index is 1350. The largest absolute Gasteiger partial charge is 0.456 e. The third kappa shape index (κ3) is 5.76. The van der Waals surface area contributed by atoms with Crippen LogP contribution < -0.4 is 20.9 Å². The summed E-state index contributed by atoms with van der Waals surface area (Å²) in [4.78, 5) is 24.8. The Hall–Kier alpha value is -3.65. The molecule has 3 N–H and O–H groups in total. The second-order valence-corrected chi connectivity index (χ2v) is 9.99. The highest BCUT2D eigenvalue weighted by Crippen LogP contribution is 2.40. The number of nitrogens with one attached hydrogen (secondary N) is 2. The average Bonchev–Trinajstić information content (AvgIpc) is 3.60. The molecule has 1 fully saturated rings. The van der Waals surface area contributed by atoms with Gasteiger partial charge in [0, 0.05) is 42.2 Å². The van der Waals surface area contributed by atoms with Crippen LogP contribution in [0, 0.1) is 19.7 Å². The number of aliphatic hydroxyl groups is 1. The second-order valence-electron chi connectivity index (χ2n) is 9.99. The average molecular weight is 494 g/mol. The van der Waals surface area contributed by atoms with Crippen LogP contribution in [0.25, 0.3) is 11.1 Å². The Kier molecular flexibility index (Phi) is 6.91. The van der Waals surface area contributed by atoms with E-state index in [1.165, 1.54) is 22.8 Å². The smallest absolute Gasteiger partial charge is 0.252 e. The first-order chi connectivity index (χ1) is 16.9. The van der Waals surface area contributed by atoms with Gasteiger partial charge in [-0.3, -0.25) is 9.59 Å². The van der Waals surface area contributed by atoms with E-state index in [1.807, 2.05) is 0 Å². The van der Waals surface area contributed by atoms with Gasteiger partial charge < -0.3 is 25.0 Å². The Morgan fingerprint density at radius 3 is 2.42 bits per heavy atom. The number of amides is 1. The van der Waals surface area contributed by atoms with Crippen molar-refractivity contribution < 1.29 is 19.0 Å². The summed E-state index contributed by atoms with van der Waals surface area (Å²) in [5, 5.41) is 16.7. The van der Waals surface area contributed by atoms with Gasteiger partial charge in [0.1, 0.15) is 17.3 Å². The first-order valence-electron chi connectivity index (χ1n) is 12.0. The van der Waals surface area contributed by atoms with E-state index in [-0.39, 0.29) is 29.9 Å². The second kappa shape index (κ2) is 9.78. The normalized spacial score (nSPS) is 13.4. The van der Waals surface area contributed by atoms with Crippen molar-refractivity contribution in [2.45, 2.75) is 52.2 Å². The molecule has 1 aromatic heterocycles. The summed E-state index contributed by atoms with van der Waals surface area (Å²) in [7, 11) is 1.64. The van der Waals surface area contributed by atoms with Gasteiger partial charge in [0.2, 0.25) is 5.91 Å². The molecule has 7 nitrogen and oxygen atoms in total. The molecule has 0 aliphatic heterocycles. The fourth-order valence-corrected chi connectivity index (χ4v) is 4.05. The van der Waals surface area contributed by atoms with Crippen molar-refractivity contribution >= 4 is 11.6 Å². The first-order valence-corrected chi connectivity index (χ1v) is 12.0. The predicted molar refractivity (Wildman–Crippen MR) is 138 cm³/mol. The van der Waals surface area contributed by atoms with E-state index >= 15 is 0 Å². The van der Waals surface area contributed by atoms with E-state index in [0.29, 0.717) is 45.0 Å². The summed E-state index contributed by atoms with van der Waals surface area (Å²) < 4.78 is 21.6. The number of carbonyl (C=O) groups is 1. The van der Waals surface area contributed by atoms with Gasteiger partial charge in [-0.05, 0) is 81.5 Å². The minimum Gasteiger partial charge on any atom is -0.456 e. The highest BCUT2D eigenvalue weighted by atomic mass is 19.1. The van der Waals surface area contributed by atoms with Gasteiger partial charge in [-0.25, -0.2) is 4.39 Å². The zero-order valence-corrected chi connectivity index (χ0v) is 21.2. The zero-order valence-electron chi connectivity index (χ0n) is 21.2. The molecule has 3 aromatic rings. The van der Waals surface area contributed by atoms with E-state index in [1.54, 1.807) is 59.1 Å². The summed E-state index contributed by atoms with van der Waals surface area (Å²) in [5.74, 6) is 0.495. The minimum atomic E-state index is -1.13. The number of aryl methyl sites for hydroxylation is 3. The Morgan fingerprint density at radius 2 is 1.81 bits per heavy atom. The first kappa shape index (κ1) is 25.4. The van der Waals surface area contributed by atoms with Crippen LogP contribution in [0.3, 0.4) is 0 Å². The molecule has 0 saturated heterocycles. The number of pyridine rings is 1. The predicted octanol–water partition coefficient (Wildman–Crippen LogP) is 4.52. The van der Waals surface area contributed by atoms with Crippen molar-refractivity contribution in [1.82, 2.24) is 9.88 Å². The van der Waals surface area contributed by atoms with Gasteiger partial charge in [-0.2, -0.15) is 0 Å². The lowest BCUT2D eigenvalue weighted by Gasteiger charge is -2.23. The summed E-state index contributed by atoms with van der Waals surface area (Å²) >= 11 is 0. The van der Waals surface area contributed by atoms with Crippen molar-refractivity contribution in [3.8, 4) is 22.6 Å². The Morgan fingerprint density at radius 1 is 1.14 bits per heavy atom. The van der Waals surface area contributed by atoms with Crippen LogP contribution in [0.4, 0.5) is 10.1 Å². The van der Waals surface area contributed by atoms with E-state index in [2.05, 4.69) is 10.6 Å². The lowest BCUT2D eigenvalue weighted by atomic mass is 9.93. The van der Waals surface area contributed by atoms with E-state index < -0.39 is 5.60 Å². The molecule has 1 amide bonds. The molecular weight excluding hydrogens is 461 g/mol. The lowest BCUT2D eigenvalue weighted by molar-refractivity contribution is -0.119. The van der Waals surface area contributed by atoms with Gasteiger partial charge in [0.15, 0.2) is 0 Å². The monoisotopic (exact) mass is 493 g/mol. The number of halogens is 1. The minimum absolute atomic E-state index is 0.00816. The molecule has 0 spiro atoms. The van der Waals surface area contributed by atoms with Gasteiger partial charge in [0.25, 0.3) is 5.56 Å². The quantitative estimate of drug-likeness (QED) is 0.429. The van der Waals surface area contributed by atoms with Crippen LogP contribution in [0.2, 0.25) is 0 Å². The van der Waals surface area contributed by atoms with E-state index in [0.717, 1.165) is 12.8 Å². The van der Waals surface area contributed by atoms with E-state index in [9.17, 15) is 19.1 Å². The topological polar surface area (TPSA) is 92.6 Å². The summed E-state index contributed by atoms with van der Waals surface area (Å²) in [6.45, 7) is 6.92. The molecule has 1 heterocycles. The SMILES string of the molecule is Cc1cc(F)cc(C)c1Oc1ccc(C(C)(C)O)cc1-c1cn(C)c(=O)cc1NCC(=O)NC1CC1. The van der Waals surface area contributed by atoms with Crippen molar-refractivity contribution in [2.75, 3.05) is 11.9 Å². The molecular formula is C28H32FN3O4. The number of anilines is 1. The lowest BCUT2D eigenvalue weighted by Crippen LogP contribution is -2.31. The molecule has 8 heteroatoms. The number of ether oxygens (including phenoxy) is 1. The van der Waals surface area contributed by atoms with Crippen LogP contribution in [0.15, 0.2) is 47.4 Å². The van der Waals surface area contributed by atoms with Crippen LogP contribution >= 0.6 is 0 Å². The molecule has 0 radical (unpaired) electrons. The molecule has 36 heavy (non-hydrogen) atoms. The number of hydrogen-bond donors (Lipinski definition) is 3. The van der Waals surface area contributed by atoms with Crippen LogP contribution in [0.5, 0.6) is 11.5 Å². The van der Waals surface area contributed by atoms with Gasteiger partial charge in [-0.1, -0.05) is 6.07 Å². The molecule has 1 saturated carbocycles. The highest BCUT2D eigenvalue weighted by Gasteiger charge is 2.24. The maximum atomic E-state index is 13.9. The van der Waals surface area contributed by atoms with Crippen molar-refractivity contribution in [3.63, 3.8) is 0 Å². The summed E-state index contributed by atoms with van der Waals surface area (Å²) in [6.07, 6.45) is 3.63. The van der Waals surface area contributed by atoms with Crippen LogP contribution in [-0.4, -0.2) is 28.2 Å². The fraction of sp³-hybridized carbons (Fsp3) is 0.357. The fourth-order valence-electron chi connectivity index (χ4n) is 4.05. The molecule has 1 aliphatic carbocycles. The number of hydrogen-bond acceptors (Lipinski definition) is 5. The maximum Gasteiger partial charge on any atom is 0.252 e. The highest BCUT2D eigenvalue weighted by molar-refractivity contribution is 5.86. The number of aromatic nitrogens is 1. The standard InChI is InChI=1S/C28H32FN3O4/c1-16-10-19(29)11-17(2)27(16)36-24-9-6-18(28(3,4)35)12-21(24)22-15-32(5)26(34)13-23(22)30-14-25(33)31-20-7-8-20/h6,9-13,15,20,30,35H,7-8,14H2,1-5H3,(H,31,33). The maximum absolute atomic E-state index is 13.9. The third-order valence-electron chi connectivity index (χ3n) is 6.22. The van der Waals surface area contributed by atoms with Crippen molar-refractivity contribution in [1.29, 1.82) is 0 Å². The summed E-state index contributed by atoms with van der Waals surface area (Å²) in [6, 6.07) is 9.81. The van der Waals surface area contributed by atoms with Crippen LogP contribution in [0.1, 0.15) is 43.4 Å². The molecule has 1 aliphatic rings.